The van der Waals surface area contributed by atoms with E-state index in [4.69, 9.17) is 0 Å². The molecule has 0 fully saturated rings. The number of para-hydroxylation sites is 1. The van der Waals surface area contributed by atoms with Gasteiger partial charge in [0, 0.05) is 41.1 Å². The van der Waals surface area contributed by atoms with Gasteiger partial charge in [-0.2, -0.15) is 0 Å². The van der Waals surface area contributed by atoms with Crippen LogP contribution in [0.5, 0.6) is 0 Å². The Bertz CT molecular complexity index is 1130. The Morgan fingerprint density at radius 1 is 0.774 bits per heavy atom. The van der Waals surface area contributed by atoms with Crippen molar-refractivity contribution in [3.05, 3.63) is 103 Å². The number of nitrogens with one attached hydrogen (secondary N) is 1. The highest BCUT2D eigenvalue weighted by Gasteiger charge is 2.21. The largest absolute Gasteiger partial charge is 0.356 e. The van der Waals surface area contributed by atoms with Gasteiger partial charge in [0.15, 0.2) is 5.82 Å². The molecule has 0 aliphatic rings. The van der Waals surface area contributed by atoms with Gasteiger partial charge in [-0.25, -0.2) is 9.97 Å². The zero-order valence-electron chi connectivity index (χ0n) is 17.6. The molecule has 0 aliphatic heterocycles. The molecule has 0 bridgehead atoms. The van der Waals surface area contributed by atoms with Crippen molar-refractivity contribution in [2.24, 2.45) is 0 Å². The van der Waals surface area contributed by atoms with E-state index in [1.165, 1.54) is 0 Å². The van der Waals surface area contributed by atoms with Crippen LogP contribution in [0.1, 0.15) is 24.2 Å². The van der Waals surface area contributed by atoms with Crippen LogP contribution in [0.3, 0.4) is 0 Å². The van der Waals surface area contributed by atoms with E-state index in [2.05, 4.69) is 15.3 Å². The molecule has 4 aromatic rings. The lowest BCUT2D eigenvalue weighted by Gasteiger charge is -2.27. The van der Waals surface area contributed by atoms with Crippen molar-refractivity contribution in [3.63, 3.8) is 0 Å². The molecule has 0 saturated carbocycles. The lowest BCUT2D eigenvalue weighted by molar-refractivity contribution is 0.0979. The summed E-state index contributed by atoms with van der Waals surface area (Å²) in [6.45, 7) is 3.99. The number of rotatable bonds is 6. The molecule has 0 saturated heterocycles. The van der Waals surface area contributed by atoms with Crippen LogP contribution in [-0.4, -0.2) is 21.9 Å². The van der Waals surface area contributed by atoms with Gasteiger partial charge in [-0.1, -0.05) is 48.5 Å². The Kier molecular flexibility index (Phi) is 6.03. The maximum absolute atomic E-state index is 13.2. The average Bonchev–Trinajstić information content (AvgIpc) is 2.81. The van der Waals surface area contributed by atoms with Crippen molar-refractivity contribution < 1.29 is 4.79 Å². The van der Waals surface area contributed by atoms with Gasteiger partial charge in [0.05, 0.1) is 5.56 Å². The number of aromatic nitrogens is 2. The number of amides is 1. The molecule has 4 rings (SSSR count). The van der Waals surface area contributed by atoms with E-state index in [0.29, 0.717) is 11.4 Å². The topological polar surface area (TPSA) is 58.1 Å². The van der Waals surface area contributed by atoms with Crippen LogP contribution >= 0.6 is 0 Å². The molecule has 3 aromatic carbocycles. The molecule has 1 aromatic heterocycles. The molecule has 5 nitrogen and oxygen atoms in total. The minimum absolute atomic E-state index is 0.0192. The summed E-state index contributed by atoms with van der Waals surface area (Å²) >= 11 is 0. The number of hydrogen-bond acceptors (Lipinski definition) is 4. The second kappa shape index (κ2) is 9.22. The summed E-state index contributed by atoms with van der Waals surface area (Å²) in [7, 11) is 0. The maximum Gasteiger partial charge on any atom is 0.261 e. The first-order chi connectivity index (χ1) is 15.1. The van der Waals surface area contributed by atoms with Crippen molar-refractivity contribution in [3.8, 4) is 11.4 Å². The Hall–Kier alpha value is -3.99. The van der Waals surface area contributed by atoms with Gasteiger partial charge < -0.3 is 10.2 Å². The van der Waals surface area contributed by atoms with Crippen molar-refractivity contribution in [1.29, 1.82) is 0 Å². The van der Waals surface area contributed by atoms with Crippen molar-refractivity contribution in [2.45, 2.75) is 19.9 Å². The van der Waals surface area contributed by atoms with E-state index in [1.54, 1.807) is 17.3 Å². The van der Waals surface area contributed by atoms with Crippen LogP contribution in [0.25, 0.3) is 11.4 Å². The predicted molar refractivity (Wildman–Crippen MR) is 126 cm³/mol. The third-order valence-corrected chi connectivity index (χ3v) is 4.87. The maximum atomic E-state index is 13.2. The van der Waals surface area contributed by atoms with E-state index in [-0.39, 0.29) is 11.9 Å². The highest BCUT2D eigenvalue weighted by molar-refractivity contribution is 6.06. The fourth-order valence-corrected chi connectivity index (χ4v) is 3.36. The third kappa shape index (κ3) is 4.78. The van der Waals surface area contributed by atoms with Crippen LogP contribution in [0.4, 0.5) is 17.1 Å². The van der Waals surface area contributed by atoms with Crippen LogP contribution in [0, 0.1) is 0 Å². The summed E-state index contributed by atoms with van der Waals surface area (Å²) < 4.78 is 0. The molecule has 154 valence electrons. The third-order valence-electron chi connectivity index (χ3n) is 4.87. The number of anilines is 3. The molecule has 0 aliphatic carbocycles. The minimum Gasteiger partial charge on any atom is -0.356 e. The van der Waals surface area contributed by atoms with Gasteiger partial charge in [0.25, 0.3) is 5.91 Å². The summed E-state index contributed by atoms with van der Waals surface area (Å²) in [5.74, 6) is 0.475. The molecule has 0 spiro atoms. The second-order valence-corrected chi connectivity index (χ2v) is 7.47. The van der Waals surface area contributed by atoms with Gasteiger partial charge in [-0.15, -0.1) is 0 Å². The highest BCUT2D eigenvalue weighted by atomic mass is 16.2. The van der Waals surface area contributed by atoms with Crippen molar-refractivity contribution in [1.82, 2.24) is 9.97 Å². The molecule has 31 heavy (non-hydrogen) atoms. The number of hydrogen-bond donors (Lipinski definition) is 1. The van der Waals surface area contributed by atoms with Crippen LogP contribution in [0.2, 0.25) is 0 Å². The highest BCUT2D eigenvalue weighted by Crippen LogP contribution is 2.24. The molecular formula is C26H24N4O. The van der Waals surface area contributed by atoms with E-state index < -0.39 is 0 Å². The zero-order valence-corrected chi connectivity index (χ0v) is 17.6. The smallest absolute Gasteiger partial charge is 0.261 e. The van der Waals surface area contributed by atoms with Gasteiger partial charge in [0.2, 0.25) is 0 Å². The molecular weight excluding hydrogens is 384 g/mol. The first-order valence-electron chi connectivity index (χ1n) is 10.2. The molecule has 5 heteroatoms. The summed E-state index contributed by atoms with van der Waals surface area (Å²) in [5.41, 5.74) is 4.18. The zero-order chi connectivity index (χ0) is 21.6. The lowest BCUT2D eigenvalue weighted by atomic mass is 10.1. The second-order valence-electron chi connectivity index (χ2n) is 7.47. The van der Waals surface area contributed by atoms with E-state index in [0.717, 1.165) is 22.6 Å². The standard InChI is InChI=1S/C26H24N4O/c1-19(2)30(24-15-13-23(14-16-24)29-22-11-7-4-8-12-22)26(31)21-17-27-25(28-18-21)20-9-5-3-6-10-20/h3-19,29H,1-2H3. The molecule has 0 atom stereocenters. The predicted octanol–water partition coefficient (Wildman–Crippen LogP) is 5.94. The quantitative estimate of drug-likeness (QED) is 0.429. The Balaban J connectivity index is 1.53. The number of benzene rings is 3. The average molecular weight is 409 g/mol. The van der Waals surface area contributed by atoms with E-state index in [9.17, 15) is 4.79 Å². The monoisotopic (exact) mass is 408 g/mol. The summed E-state index contributed by atoms with van der Waals surface area (Å²) in [5, 5.41) is 3.36. The lowest BCUT2D eigenvalue weighted by Crippen LogP contribution is -2.37. The Morgan fingerprint density at radius 2 is 1.32 bits per heavy atom. The van der Waals surface area contributed by atoms with Gasteiger partial charge in [-0.3, -0.25) is 4.79 Å². The fourth-order valence-electron chi connectivity index (χ4n) is 3.36. The first-order valence-corrected chi connectivity index (χ1v) is 10.2. The van der Waals surface area contributed by atoms with Crippen LogP contribution < -0.4 is 10.2 Å². The Labute approximate surface area is 182 Å². The number of carbonyl (C=O) groups excluding carboxylic acids is 1. The van der Waals surface area contributed by atoms with Crippen molar-refractivity contribution in [2.75, 3.05) is 10.2 Å². The molecule has 1 amide bonds. The molecule has 0 unspecified atom stereocenters. The van der Waals surface area contributed by atoms with E-state index in [1.807, 2.05) is 98.8 Å². The Morgan fingerprint density at radius 3 is 1.90 bits per heavy atom. The normalized spacial score (nSPS) is 10.7. The fraction of sp³-hybridized carbons (Fsp3) is 0.115. The SMILES string of the molecule is CC(C)N(C(=O)c1cnc(-c2ccccc2)nc1)c1ccc(Nc2ccccc2)cc1. The van der Waals surface area contributed by atoms with Crippen LogP contribution in [-0.2, 0) is 0 Å². The summed E-state index contributed by atoms with van der Waals surface area (Å²) in [6.07, 6.45) is 3.19. The minimum atomic E-state index is -0.126. The van der Waals surface area contributed by atoms with Gasteiger partial charge in [-0.05, 0) is 50.2 Å². The molecule has 0 radical (unpaired) electrons. The number of nitrogens with zero attached hydrogens (tertiary/aromatic N) is 3. The van der Waals surface area contributed by atoms with Crippen LogP contribution in [0.15, 0.2) is 97.3 Å². The van der Waals surface area contributed by atoms with Gasteiger partial charge in [0.1, 0.15) is 0 Å². The van der Waals surface area contributed by atoms with E-state index >= 15 is 0 Å². The summed E-state index contributed by atoms with van der Waals surface area (Å²) in [4.78, 5) is 23.8. The van der Waals surface area contributed by atoms with Crippen molar-refractivity contribution >= 4 is 23.0 Å². The van der Waals surface area contributed by atoms with Gasteiger partial charge >= 0.3 is 0 Å². The number of carbonyl (C=O) groups is 1. The molecule has 1 N–H and O–H groups in total. The summed E-state index contributed by atoms with van der Waals surface area (Å²) in [6, 6.07) is 27.5. The first kappa shape index (κ1) is 20.3. The molecule has 1 heterocycles.